The van der Waals surface area contributed by atoms with E-state index in [0.717, 1.165) is 6.07 Å². The van der Waals surface area contributed by atoms with Crippen molar-refractivity contribution in [1.29, 1.82) is 0 Å². The lowest BCUT2D eigenvalue weighted by Gasteiger charge is -2.09. The second-order valence-corrected chi connectivity index (χ2v) is 6.42. The number of sulfone groups is 1. The van der Waals surface area contributed by atoms with Gasteiger partial charge in [-0.15, -0.1) is 0 Å². The fraction of sp³-hybridized carbons (Fsp3) is 0.0769. The van der Waals surface area contributed by atoms with Crippen LogP contribution >= 0.6 is 11.6 Å². The standard InChI is InChI=1S/C13H11ClFNO2S/c14-12-5-2-6-13(16)11(12)8-19(17,18)10-4-1-3-9(15)7-10/h1-7H,8,16H2. The van der Waals surface area contributed by atoms with Crippen LogP contribution in [0.5, 0.6) is 0 Å². The van der Waals surface area contributed by atoms with E-state index in [1.165, 1.54) is 18.2 Å². The van der Waals surface area contributed by atoms with Gasteiger partial charge in [-0.2, -0.15) is 0 Å². The summed E-state index contributed by atoms with van der Waals surface area (Å²) in [4.78, 5) is -0.0909. The van der Waals surface area contributed by atoms with Gasteiger partial charge in [0.1, 0.15) is 5.82 Å². The minimum Gasteiger partial charge on any atom is -0.398 e. The molecule has 0 saturated heterocycles. The number of hydrogen-bond donors (Lipinski definition) is 1. The van der Waals surface area contributed by atoms with Gasteiger partial charge in [0.05, 0.1) is 10.6 Å². The molecule has 0 spiro atoms. The van der Waals surface area contributed by atoms with Gasteiger partial charge in [0.2, 0.25) is 0 Å². The Labute approximate surface area is 115 Å². The molecule has 0 radical (unpaired) electrons. The molecule has 0 atom stereocenters. The molecule has 0 aromatic heterocycles. The van der Waals surface area contributed by atoms with Crippen molar-refractivity contribution in [3.05, 3.63) is 58.9 Å². The highest BCUT2D eigenvalue weighted by Crippen LogP contribution is 2.26. The number of anilines is 1. The summed E-state index contributed by atoms with van der Waals surface area (Å²) in [5.74, 6) is -0.963. The van der Waals surface area contributed by atoms with Gasteiger partial charge in [-0.3, -0.25) is 0 Å². The topological polar surface area (TPSA) is 60.2 Å². The van der Waals surface area contributed by atoms with Crippen LogP contribution in [0.3, 0.4) is 0 Å². The summed E-state index contributed by atoms with van der Waals surface area (Å²) in [6.45, 7) is 0. The van der Waals surface area contributed by atoms with E-state index in [0.29, 0.717) is 11.3 Å². The zero-order valence-electron chi connectivity index (χ0n) is 9.81. The Morgan fingerprint density at radius 3 is 2.47 bits per heavy atom. The number of nitrogens with two attached hydrogens (primary N) is 1. The minimum absolute atomic E-state index is 0.0909. The number of rotatable bonds is 3. The molecule has 0 heterocycles. The van der Waals surface area contributed by atoms with Crippen LogP contribution in [-0.2, 0) is 15.6 Å². The van der Waals surface area contributed by atoms with E-state index in [4.69, 9.17) is 17.3 Å². The third-order valence-corrected chi connectivity index (χ3v) is 4.64. The van der Waals surface area contributed by atoms with Crippen molar-refractivity contribution >= 4 is 27.1 Å². The lowest BCUT2D eigenvalue weighted by atomic mass is 10.2. The van der Waals surface area contributed by atoms with Crippen LogP contribution in [0.25, 0.3) is 0 Å². The third kappa shape index (κ3) is 3.05. The molecule has 2 rings (SSSR count). The number of halogens is 2. The van der Waals surface area contributed by atoms with Crippen LogP contribution in [0.15, 0.2) is 47.4 Å². The maximum atomic E-state index is 13.1. The summed E-state index contributed by atoms with van der Waals surface area (Å²) in [6, 6.07) is 9.61. The molecule has 0 aliphatic heterocycles. The van der Waals surface area contributed by atoms with Gasteiger partial charge in [0.15, 0.2) is 9.84 Å². The second kappa shape index (κ2) is 5.19. The van der Waals surface area contributed by atoms with Crippen molar-refractivity contribution < 1.29 is 12.8 Å². The SMILES string of the molecule is Nc1cccc(Cl)c1CS(=O)(=O)c1cccc(F)c1. The van der Waals surface area contributed by atoms with E-state index < -0.39 is 15.7 Å². The highest BCUT2D eigenvalue weighted by Gasteiger charge is 2.19. The maximum absolute atomic E-state index is 13.1. The van der Waals surface area contributed by atoms with Gasteiger partial charge >= 0.3 is 0 Å². The smallest absolute Gasteiger partial charge is 0.182 e. The number of benzene rings is 2. The Kier molecular flexibility index (Phi) is 3.78. The van der Waals surface area contributed by atoms with E-state index in [1.54, 1.807) is 18.2 Å². The summed E-state index contributed by atoms with van der Waals surface area (Å²) in [6.07, 6.45) is 0. The lowest BCUT2D eigenvalue weighted by molar-refractivity contribution is 0.590. The number of nitrogen functional groups attached to an aromatic ring is 1. The van der Waals surface area contributed by atoms with Gasteiger partial charge in [0, 0.05) is 16.3 Å². The molecule has 0 aliphatic carbocycles. The van der Waals surface area contributed by atoms with Gasteiger partial charge in [0.25, 0.3) is 0 Å². The molecule has 0 saturated carbocycles. The van der Waals surface area contributed by atoms with Crippen molar-refractivity contribution in [2.75, 3.05) is 5.73 Å². The van der Waals surface area contributed by atoms with Crippen molar-refractivity contribution in [3.63, 3.8) is 0 Å². The van der Waals surface area contributed by atoms with E-state index >= 15 is 0 Å². The summed E-state index contributed by atoms with van der Waals surface area (Å²) in [5, 5.41) is 0.278. The van der Waals surface area contributed by atoms with Gasteiger partial charge in [-0.05, 0) is 30.3 Å². The predicted molar refractivity (Wildman–Crippen MR) is 73.2 cm³/mol. The summed E-state index contributed by atoms with van der Waals surface area (Å²) in [5.41, 5.74) is 6.34. The first-order chi connectivity index (χ1) is 8.90. The van der Waals surface area contributed by atoms with Crippen LogP contribution in [0.2, 0.25) is 5.02 Å². The molecule has 0 amide bonds. The van der Waals surface area contributed by atoms with Crippen LogP contribution in [-0.4, -0.2) is 8.42 Å². The van der Waals surface area contributed by atoms with E-state index in [1.807, 2.05) is 0 Å². The molecule has 2 N–H and O–H groups in total. The molecule has 0 fully saturated rings. The van der Waals surface area contributed by atoms with E-state index in [-0.39, 0.29) is 15.7 Å². The van der Waals surface area contributed by atoms with Crippen molar-refractivity contribution in [1.82, 2.24) is 0 Å². The molecular weight excluding hydrogens is 289 g/mol. The van der Waals surface area contributed by atoms with Gasteiger partial charge in [-0.25, -0.2) is 12.8 Å². The molecule has 0 bridgehead atoms. The molecule has 3 nitrogen and oxygen atoms in total. The van der Waals surface area contributed by atoms with Crippen LogP contribution in [0.1, 0.15) is 5.56 Å². The van der Waals surface area contributed by atoms with Crippen LogP contribution in [0, 0.1) is 5.82 Å². The minimum atomic E-state index is -3.69. The van der Waals surface area contributed by atoms with Crippen molar-refractivity contribution in [2.24, 2.45) is 0 Å². The summed E-state index contributed by atoms with van der Waals surface area (Å²) < 4.78 is 37.4. The molecule has 19 heavy (non-hydrogen) atoms. The first-order valence-corrected chi connectivity index (χ1v) is 7.44. The average Bonchev–Trinajstić information content (AvgIpc) is 2.34. The van der Waals surface area contributed by atoms with Gasteiger partial charge < -0.3 is 5.73 Å². The quantitative estimate of drug-likeness (QED) is 0.886. The second-order valence-electron chi connectivity index (χ2n) is 4.02. The molecule has 6 heteroatoms. The lowest BCUT2D eigenvalue weighted by Crippen LogP contribution is -2.08. The zero-order chi connectivity index (χ0) is 14.0. The molecule has 0 unspecified atom stereocenters. The average molecular weight is 300 g/mol. The van der Waals surface area contributed by atoms with E-state index in [9.17, 15) is 12.8 Å². The summed E-state index contributed by atoms with van der Waals surface area (Å²) >= 11 is 5.94. The van der Waals surface area contributed by atoms with Crippen LogP contribution in [0.4, 0.5) is 10.1 Å². The largest absolute Gasteiger partial charge is 0.398 e. The maximum Gasteiger partial charge on any atom is 0.182 e. The Morgan fingerprint density at radius 1 is 1.16 bits per heavy atom. The molecule has 2 aromatic rings. The third-order valence-electron chi connectivity index (χ3n) is 2.64. The fourth-order valence-corrected chi connectivity index (χ4v) is 3.44. The Balaban J connectivity index is 2.42. The fourth-order valence-electron chi connectivity index (χ4n) is 1.66. The highest BCUT2D eigenvalue weighted by atomic mass is 35.5. The Morgan fingerprint density at radius 2 is 1.84 bits per heavy atom. The number of hydrogen-bond acceptors (Lipinski definition) is 3. The Bertz CT molecular complexity index is 696. The Hall–Kier alpha value is -1.59. The van der Waals surface area contributed by atoms with Gasteiger partial charge in [-0.1, -0.05) is 23.7 Å². The molecule has 100 valence electrons. The van der Waals surface area contributed by atoms with Crippen molar-refractivity contribution in [3.8, 4) is 0 Å². The summed E-state index contributed by atoms with van der Waals surface area (Å²) in [7, 11) is -3.69. The predicted octanol–water partition coefficient (Wildman–Crippen LogP) is 3.04. The first kappa shape index (κ1) is 13.8. The normalized spacial score (nSPS) is 11.5. The highest BCUT2D eigenvalue weighted by molar-refractivity contribution is 7.90. The first-order valence-electron chi connectivity index (χ1n) is 5.41. The molecule has 2 aromatic carbocycles. The van der Waals surface area contributed by atoms with Crippen molar-refractivity contribution in [2.45, 2.75) is 10.6 Å². The van der Waals surface area contributed by atoms with Crippen LogP contribution < -0.4 is 5.73 Å². The zero-order valence-corrected chi connectivity index (χ0v) is 11.4. The molecule has 0 aliphatic rings. The van der Waals surface area contributed by atoms with E-state index in [2.05, 4.69) is 0 Å². The monoisotopic (exact) mass is 299 g/mol. The molecular formula is C13H11ClFNO2S.